The lowest BCUT2D eigenvalue weighted by Gasteiger charge is -2.29. The van der Waals surface area contributed by atoms with Gasteiger partial charge in [0.25, 0.3) is 5.91 Å². The monoisotopic (exact) mass is 435 g/mol. The van der Waals surface area contributed by atoms with Crippen molar-refractivity contribution in [1.29, 1.82) is 0 Å². The number of rotatable bonds is 6. The van der Waals surface area contributed by atoms with E-state index in [1.807, 2.05) is 16.7 Å². The van der Waals surface area contributed by atoms with Crippen LogP contribution in [0.4, 0.5) is 11.6 Å². The topological polar surface area (TPSA) is 112 Å². The maximum atomic E-state index is 12.2. The van der Waals surface area contributed by atoms with E-state index in [0.717, 1.165) is 55.7 Å². The molecule has 3 aliphatic rings. The van der Waals surface area contributed by atoms with Crippen molar-refractivity contribution < 1.29 is 9.59 Å². The van der Waals surface area contributed by atoms with Gasteiger partial charge in [0.05, 0.1) is 6.20 Å². The largest absolute Gasteiger partial charge is 0.367 e. The van der Waals surface area contributed by atoms with Crippen molar-refractivity contribution in [1.82, 2.24) is 25.2 Å². The molecule has 9 heteroatoms. The molecule has 4 N–H and O–H groups in total. The zero-order valence-electron chi connectivity index (χ0n) is 18.3. The Hall–Kier alpha value is -3.36. The molecule has 2 aromatic rings. The van der Waals surface area contributed by atoms with Gasteiger partial charge in [0.1, 0.15) is 11.6 Å². The SMILES string of the molecule is C=C1C/C(=C\c2cnn3c(NC4CC4)cc(NC4CCC(NC(C)=O)CC4)nc23)C(=O)N1. The van der Waals surface area contributed by atoms with E-state index in [2.05, 4.69) is 32.9 Å². The molecule has 32 heavy (non-hydrogen) atoms. The first kappa shape index (κ1) is 20.5. The predicted octanol–water partition coefficient (Wildman–Crippen LogP) is 2.58. The van der Waals surface area contributed by atoms with E-state index in [-0.39, 0.29) is 17.9 Å². The summed E-state index contributed by atoms with van der Waals surface area (Å²) in [6, 6.07) is 3.04. The second-order valence-electron chi connectivity index (χ2n) is 9.08. The zero-order chi connectivity index (χ0) is 22.2. The predicted molar refractivity (Wildman–Crippen MR) is 123 cm³/mol. The molecule has 2 aromatic heterocycles. The van der Waals surface area contributed by atoms with Crippen molar-refractivity contribution in [2.45, 2.75) is 70.0 Å². The second-order valence-corrected chi connectivity index (χ2v) is 9.08. The number of fused-ring (bicyclic) bond motifs is 1. The Bertz CT molecular complexity index is 1110. The molecule has 0 bridgehead atoms. The molecule has 0 aromatic carbocycles. The van der Waals surface area contributed by atoms with Crippen LogP contribution in [0.5, 0.6) is 0 Å². The molecule has 1 saturated heterocycles. The minimum atomic E-state index is -0.115. The second kappa shape index (κ2) is 8.29. The molecule has 2 amide bonds. The van der Waals surface area contributed by atoms with E-state index < -0.39 is 0 Å². The van der Waals surface area contributed by atoms with E-state index in [1.165, 1.54) is 0 Å². The van der Waals surface area contributed by atoms with Crippen LogP contribution in [0.2, 0.25) is 0 Å². The number of amides is 2. The van der Waals surface area contributed by atoms with Gasteiger partial charge in [0.15, 0.2) is 5.65 Å². The molecule has 3 fully saturated rings. The minimum Gasteiger partial charge on any atom is -0.367 e. The van der Waals surface area contributed by atoms with Gasteiger partial charge < -0.3 is 21.3 Å². The first-order valence-corrected chi connectivity index (χ1v) is 11.3. The summed E-state index contributed by atoms with van der Waals surface area (Å²) in [5.41, 5.74) is 2.89. The van der Waals surface area contributed by atoms with Crippen molar-refractivity contribution in [2.75, 3.05) is 10.6 Å². The van der Waals surface area contributed by atoms with Gasteiger partial charge in [-0.2, -0.15) is 9.61 Å². The Morgan fingerprint density at radius 3 is 2.50 bits per heavy atom. The highest BCUT2D eigenvalue weighted by molar-refractivity contribution is 6.02. The molecule has 0 spiro atoms. The molecular weight excluding hydrogens is 406 g/mol. The summed E-state index contributed by atoms with van der Waals surface area (Å²) in [6.45, 7) is 5.42. The number of carbonyl (C=O) groups excluding carboxylic acids is 2. The van der Waals surface area contributed by atoms with E-state index in [9.17, 15) is 9.59 Å². The zero-order valence-corrected chi connectivity index (χ0v) is 18.3. The number of nitrogens with one attached hydrogen (secondary N) is 4. The summed E-state index contributed by atoms with van der Waals surface area (Å²) in [4.78, 5) is 28.3. The molecule has 5 rings (SSSR count). The lowest BCUT2D eigenvalue weighted by atomic mass is 9.91. The highest BCUT2D eigenvalue weighted by Gasteiger charge is 2.26. The number of allylic oxidation sites excluding steroid dienone is 1. The van der Waals surface area contributed by atoms with Gasteiger partial charge in [0, 0.05) is 54.4 Å². The van der Waals surface area contributed by atoms with Crippen LogP contribution >= 0.6 is 0 Å². The normalized spacial score (nSPS) is 24.6. The average Bonchev–Trinajstić information content (AvgIpc) is 3.38. The fourth-order valence-electron chi connectivity index (χ4n) is 4.47. The Morgan fingerprint density at radius 2 is 1.84 bits per heavy atom. The summed E-state index contributed by atoms with van der Waals surface area (Å²) in [5, 5.41) is 17.4. The van der Waals surface area contributed by atoms with E-state index in [4.69, 9.17) is 4.98 Å². The lowest BCUT2D eigenvalue weighted by Crippen LogP contribution is -2.39. The first-order chi connectivity index (χ1) is 15.4. The lowest BCUT2D eigenvalue weighted by molar-refractivity contribution is -0.120. The molecule has 9 nitrogen and oxygen atoms in total. The van der Waals surface area contributed by atoms with E-state index in [1.54, 1.807) is 13.1 Å². The number of carbonyl (C=O) groups is 2. The van der Waals surface area contributed by atoms with Crippen LogP contribution < -0.4 is 21.3 Å². The Morgan fingerprint density at radius 1 is 1.16 bits per heavy atom. The third-order valence-electron chi connectivity index (χ3n) is 6.23. The van der Waals surface area contributed by atoms with Crippen molar-refractivity contribution in [2.24, 2.45) is 0 Å². The molecule has 3 heterocycles. The third kappa shape index (κ3) is 4.46. The fourth-order valence-corrected chi connectivity index (χ4v) is 4.47. The summed E-state index contributed by atoms with van der Waals surface area (Å²) >= 11 is 0. The standard InChI is InChI=1S/C23H29N7O2/c1-13-9-15(23(32)25-13)10-16-12-24-30-21(28-19-7-8-19)11-20(29-22(16)30)27-18-5-3-17(4-6-18)26-14(2)31/h10-12,17-19,28H,1,3-9H2,2H3,(H,25,32)(H,26,31)(H,27,29)/b15-10+. The summed E-state index contributed by atoms with van der Waals surface area (Å²) in [5.74, 6) is 1.61. The van der Waals surface area contributed by atoms with Crippen molar-refractivity contribution in [3.63, 3.8) is 0 Å². The van der Waals surface area contributed by atoms with E-state index in [0.29, 0.717) is 35.4 Å². The van der Waals surface area contributed by atoms with Gasteiger partial charge in [-0.25, -0.2) is 4.98 Å². The van der Waals surface area contributed by atoms with Gasteiger partial charge in [-0.1, -0.05) is 6.58 Å². The summed E-state index contributed by atoms with van der Waals surface area (Å²) in [6.07, 6.45) is 10.3. The molecule has 1 aliphatic heterocycles. The van der Waals surface area contributed by atoms with Crippen molar-refractivity contribution >= 4 is 35.2 Å². The number of anilines is 2. The Labute approximate surface area is 186 Å². The first-order valence-electron chi connectivity index (χ1n) is 11.3. The van der Waals surface area contributed by atoms with Gasteiger partial charge >= 0.3 is 0 Å². The van der Waals surface area contributed by atoms with Crippen LogP contribution in [-0.4, -0.2) is 44.5 Å². The fraction of sp³-hybridized carbons (Fsp3) is 0.478. The van der Waals surface area contributed by atoms with Crippen LogP contribution in [0.3, 0.4) is 0 Å². The molecular formula is C23H29N7O2. The van der Waals surface area contributed by atoms with Gasteiger partial charge in [-0.3, -0.25) is 9.59 Å². The van der Waals surface area contributed by atoms with Crippen LogP contribution in [0.1, 0.15) is 57.4 Å². The Kier molecular flexibility index (Phi) is 5.32. The molecule has 2 saturated carbocycles. The van der Waals surface area contributed by atoms with Gasteiger partial charge in [-0.05, 0) is 44.6 Å². The smallest absolute Gasteiger partial charge is 0.251 e. The van der Waals surface area contributed by atoms with Crippen molar-refractivity contribution in [3.8, 4) is 0 Å². The highest BCUT2D eigenvalue weighted by Crippen LogP contribution is 2.29. The number of nitrogens with zero attached hydrogens (tertiary/aromatic N) is 3. The minimum absolute atomic E-state index is 0.0335. The summed E-state index contributed by atoms with van der Waals surface area (Å²) < 4.78 is 1.81. The van der Waals surface area contributed by atoms with Crippen LogP contribution in [-0.2, 0) is 9.59 Å². The molecule has 168 valence electrons. The molecule has 0 unspecified atom stereocenters. The van der Waals surface area contributed by atoms with Crippen molar-refractivity contribution in [3.05, 3.63) is 35.7 Å². The van der Waals surface area contributed by atoms with Crippen LogP contribution in [0, 0.1) is 0 Å². The van der Waals surface area contributed by atoms with E-state index >= 15 is 0 Å². The molecule has 0 radical (unpaired) electrons. The number of hydrogen-bond donors (Lipinski definition) is 4. The van der Waals surface area contributed by atoms with Crippen LogP contribution in [0.15, 0.2) is 30.1 Å². The number of hydrogen-bond acceptors (Lipinski definition) is 6. The Balaban J connectivity index is 1.40. The van der Waals surface area contributed by atoms with Gasteiger partial charge in [0.2, 0.25) is 5.91 Å². The molecule has 0 atom stereocenters. The average molecular weight is 436 g/mol. The third-order valence-corrected chi connectivity index (χ3v) is 6.23. The molecule has 2 aliphatic carbocycles. The van der Waals surface area contributed by atoms with Crippen LogP contribution in [0.25, 0.3) is 11.7 Å². The summed E-state index contributed by atoms with van der Waals surface area (Å²) in [7, 11) is 0. The highest BCUT2D eigenvalue weighted by atomic mass is 16.2. The maximum absolute atomic E-state index is 12.2. The van der Waals surface area contributed by atoms with Gasteiger partial charge in [-0.15, -0.1) is 0 Å². The maximum Gasteiger partial charge on any atom is 0.251 e. The number of aromatic nitrogens is 3. The quantitative estimate of drug-likeness (QED) is 0.519.